The number of ether oxygens (including phenoxy) is 1. The van der Waals surface area contributed by atoms with Gasteiger partial charge in [0.15, 0.2) is 0 Å². The fraction of sp³-hybridized carbons (Fsp3) is 0.310. The third-order valence-electron chi connectivity index (χ3n) is 6.42. The Morgan fingerprint density at radius 2 is 1.92 bits per heavy atom. The fourth-order valence-electron chi connectivity index (χ4n) is 4.46. The Labute approximate surface area is 218 Å². The number of hydrogen-bond donors (Lipinski definition) is 4. The third-order valence-corrected chi connectivity index (χ3v) is 6.42. The summed E-state index contributed by atoms with van der Waals surface area (Å²) in [6, 6.07) is 11.7. The van der Waals surface area contributed by atoms with Crippen molar-refractivity contribution in [1.82, 2.24) is 10.2 Å². The molecular formula is C29H35N5O3. The summed E-state index contributed by atoms with van der Waals surface area (Å²) in [7, 11) is 3.96. The van der Waals surface area contributed by atoms with Gasteiger partial charge in [0.05, 0.1) is 18.3 Å². The maximum Gasteiger partial charge on any atom is 0.411 e. The summed E-state index contributed by atoms with van der Waals surface area (Å²) in [5.74, 6) is -0.0890. The number of anilines is 3. The summed E-state index contributed by atoms with van der Waals surface area (Å²) in [6.45, 7) is 7.39. The molecule has 8 nitrogen and oxygen atoms in total. The summed E-state index contributed by atoms with van der Waals surface area (Å²) in [5.41, 5.74) is 8.05. The Morgan fingerprint density at radius 1 is 1.11 bits per heavy atom. The second kappa shape index (κ2) is 11.3. The lowest BCUT2D eigenvalue weighted by molar-refractivity contribution is -0.117. The van der Waals surface area contributed by atoms with E-state index in [0.717, 1.165) is 45.9 Å². The van der Waals surface area contributed by atoms with Crippen LogP contribution < -0.4 is 21.3 Å². The van der Waals surface area contributed by atoms with Crippen LogP contribution in [0.1, 0.15) is 23.6 Å². The summed E-state index contributed by atoms with van der Waals surface area (Å²) in [4.78, 5) is 27.2. The highest BCUT2D eigenvalue weighted by atomic mass is 16.5. The number of allylic oxidation sites excluding steroid dienone is 2. The van der Waals surface area contributed by atoms with E-state index >= 15 is 0 Å². The van der Waals surface area contributed by atoms with Crippen LogP contribution in [0.3, 0.4) is 0 Å². The first kappa shape index (κ1) is 26.0. The van der Waals surface area contributed by atoms with Crippen LogP contribution in [-0.4, -0.2) is 56.7 Å². The number of carbonyl (C=O) groups is 2. The van der Waals surface area contributed by atoms with E-state index in [1.807, 2.05) is 68.4 Å². The molecular weight excluding hydrogens is 466 g/mol. The third kappa shape index (κ3) is 5.86. The number of nitrogens with one attached hydrogen (secondary N) is 4. The Morgan fingerprint density at radius 3 is 2.68 bits per heavy atom. The van der Waals surface area contributed by atoms with Crippen LogP contribution >= 0.6 is 0 Å². The van der Waals surface area contributed by atoms with E-state index < -0.39 is 6.09 Å². The largest absolute Gasteiger partial charge is 0.450 e. The lowest BCUT2D eigenvalue weighted by Gasteiger charge is -2.35. The van der Waals surface area contributed by atoms with Gasteiger partial charge >= 0.3 is 6.09 Å². The highest BCUT2D eigenvalue weighted by molar-refractivity contribution is 6.01. The summed E-state index contributed by atoms with van der Waals surface area (Å²) in [6.07, 6.45) is 5.34. The van der Waals surface area contributed by atoms with Crippen molar-refractivity contribution in [3.63, 3.8) is 0 Å². The molecule has 2 aromatic rings. The van der Waals surface area contributed by atoms with Crippen molar-refractivity contribution in [2.24, 2.45) is 0 Å². The minimum absolute atomic E-state index is 0.0890. The molecule has 2 amide bonds. The van der Waals surface area contributed by atoms with Crippen molar-refractivity contribution in [3.05, 3.63) is 82.5 Å². The molecule has 0 saturated heterocycles. The van der Waals surface area contributed by atoms with Gasteiger partial charge in [-0.15, -0.1) is 0 Å². The van der Waals surface area contributed by atoms with Crippen LogP contribution in [0.2, 0.25) is 0 Å². The van der Waals surface area contributed by atoms with Gasteiger partial charge in [-0.25, -0.2) is 4.79 Å². The van der Waals surface area contributed by atoms with Crippen LogP contribution in [-0.2, 0) is 9.53 Å². The molecule has 1 atom stereocenters. The number of aryl methyl sites for hydroxylation is 2. The normalized spacial score (nSPS) is 15.8. The van der Waals surface area contributed by atoms with Gasteiger partial charge in [0, 0.05) is 46.9 Å². The first-order valence-corrected chi connectivity index (χ1v) is 12.5. The Balaban J connectivity index is 1.69. The number of fused-ring (bicyclic) bond motifs is 2. The van der Waals surface area contributed by atoms with Gasteiger partial charge in [-0.1, -0.05) is 42.5 Å². The van der Waals surface area contributed by atoms with Crippen molar-refractivity contribution in [2.75, 3.05) is 49.7 Å². The fourth-order valence-corrected chi connectivity index (χ4v) is 4.46. The van der Waals surface area contributed by atoms with Crippen LogP contribution in [0.25, 0.3) is 5.70 Å². The highest BCUT2D eigenvalue weighted by Crippen LogP contribution is 2.40. The van der Waals surface area contributed by atoms with Crippen LogP contribution in [0.5, 0.6) is 0 Å². The molecule has 1 aliphatic heterocycles. The molecule has 0 spiro atoms. The van der Waals surface area contributed by atoms with Crippen molar-refractivity contribution in [2.45, 2.75) is 26.8 Å². The van der Waals surface area contributed by atoms with E-state index in [2.05, 4.69) is 40.3 Å². The lowest BCUT2D eigenvalue weighted by Crippen LogP contribution is -2.40. The topological polar surface area (TPSA) is 94.7 Å². The maximum absolute atomic E-state index is 13.2. The van der Waals surface area contributed by atoms with Crippen molar-refractivity contribution in [3.8, 4) is 0 Å². The van der Waals surface area contributed by atoms with Crippen molar-refractivity contribution < 1.29 is 14.3 Å². The minimum atomic E-state index is -0.488. The molecule has 4 N–H and O–H groups in total. The number of benzene rings is 2. The van der Waals surface area contributed by atoms with Gasteiger partial charge in [0.2, 0.25) is 5.91 Å². The van der Waals surface area contributed by atoms with E-state index in [-0.39, 0.29) is 11.9 Å². The Kier molecular flexibility index (Phi) is 7.98. The zero-order valence-corrected chi connectivity index (χ0v) is 22.1. The van der Waals surface area contributed by atoms with Crippen LogP contribution in [0, 0.1) is 13.8 Å². The molecule has 1 aliphatic carbocycles. The average Bonchev–Trinajstić information content (AvgIpc) is 2.86. The first-order valence-electron chi connectivity index (χ1n) is 12.5. The maximum atomic E-state index is 13.2. The molecule has 8 heteroatoms. The molecule has 0 aromatic heterocycles. The van der Waals surface area contributed by atoms with Gasteiger partial charge in [0.1, 0.15) is 0 Å². The van der Waals surface area contributed by atoms with Gasteiger partial charge in [-0.2, -0.15) is 0 Å². The SMILES string of the molecule is CCOC(=O)Nc1cc(NC2=C3C=CC=C(C(=O)NCCN(C)C)C3Nc3c(C)cccc32)ccc1C. The molecule has 0 fully saturated rings. The molecule has 1 heterocycles. The number of rotatable bonds is 8. The van der Waals surface area contributed by atoms with Crippen LogP contribution in [0.4, 0.5) is 21.9 Å². The number of nitrogens with zero attached hydrogens (tertiary/aromatic N) is 1. The molecule has 2 aliphatic rings. The first-order chi connectivity index (χ1) is 17.8. The van der Waals surface area contributed by atoms with E-state index in [1.54, 1.807) is 6.92 Å². The van der Waals surface area contributed by atoms with Gasteiger partial charge in [-0.05, 0) is 58.1 Å². The summed E-state index contributed by atoms with van der Waals surface area (Å²) in [5, 5.41) is 13.1. The molecule has 2 aromatic carbocycles. The van der Waals surface area contributed by atoms with Crippen molar-refractivity contribution >= 4 is 34.8 Å². The zero-order chi connectivity index (χ0) is 26.5. The number of hydrogen-bond acceptors (Lipinski definition) is 6. The molecule has 37 heavy (non-hydrogen) atoms. The predicted octanol–water partition coefficient (Wildman–Crippen LogP) is 4.66. The standard InChI is InChI=1S/C29H35N5O3/c1-6-37-29(36)32-24-17-20(14-13-18(24)2)31-26-21-10-7-9-19(3)25(21)33-27-22(26)11-8-12-23(27)28(35)30-15-16-34(4)5/h7-14,17,27,31,33H,6,15-16H2,1-5H3,(H,30,35)(H,32,36). The number of carbonyl (C=O) groups excluding carboxylic acids is 2. The smallest absolute Gasteiger partial charge is 0.411 e. The number of para-hydroxylation sites is 1. The molecule has 194 valence electrons. The predicted molar refractivity (Wildman–Crippen MR) is 150 cm³/mol. The quantitative estimate of drug-likeness (QED) is 0.420. The second-order valence-corrected chi connectivity index (χ2v) is 9.45. The molecule has 0 saturated carbocycles. The van der Waals surface area contributed by atoms with E-state index in [9.17, 15) is 9.59 Å². The highest BCUT2D eigenvalue weighted by Gasteiger charge is 2.33. The van der Waals surface area contributed by atoms with E-state index in [4.69, 9.17) is 4.74 Å². The summed E-state index contributed by atoms with van der Waals surface area (Å²) >= 11 is 0. The molecule has 1 unspecified atom stereocenters. The van der Waals surface area contributed by atoms with Gasteiger partial charge in [-0.3, -0.25) is 10.1 Å². The van der Waals surface area contributed by atoms with E-state index in [1.165, 1.54) is 0 Å². The lowest BCUT2D eigenvalue weighted by atomic mass is 9.85. The monoisotopic (exact) mass is 501 g/mol. The number of likely N-dealkylation sites (N-methyl/N-ethyl adjacent to an activating group) is 1. The zero-order valence-electron chi connectivity index (χ0n) is 22.1. The summed E-state index contributed by atoms with van der Waals surface area (Å²) < 4.78 is 5.05. The van der Waals surface area contributed by atoms with Gasteiger partial charge in [0.25, 0.3) is 0 Å². The molecule has 4 rings (SSSR count). The average molecular weight is 502 g/mol. The second-order valence-electron chi connectivity index (χ2n) is 9.45. The number of amides is 2. The Hall–Kier alpha value is -4.04. The molecule has 0 bridgehead atoms. The van der Waals surface area contributed by atoms with E-state index in [0.29, 0.717) is 24.4 Å². The van der Waals surface area contributed by atoms with Crippen LogP contribution in [0.15, 0.2) is 65.8 Å². The minimum Gasteiger partial charge on any atom is -0.450 e. The van der Waals surface area contributed by atoms with Gasteiger partial charge < -0.3 is 25.6 Å². The molecule has 0 radical (unpaired) electrons. The Bertz CT molecular complexity index is 1290. The van der Waals surface area contributed by atoms with Crippen molar-refractivity contribution in [1.29, 1.82) is 0 Å².